The molecule has 3 unspecified atom stereocenters. The molecule has 0 aliphatic carbocycles. The van der Waals surface area contributed by atoms with E-state index in [0.717, 1.165) is 19.4 Å². The van der Waals surface area contributed by atoms with E-state index in [4.69, 9.17) is 4.74 Å². The van der Waals surface area contributed by atoms with E-state index in [2.05, 4.69) is 50.4 Å². The predicted molar refractivity (Wildman–Crippen MR) is 71.2 cm³/mol. The second kappa shape index (κ2) is 5.65. The summed E-state index contributed by atoms with van der Waals surface area (Å²) in [7, 11) is 0. The molecule has 17 heavy (non-hydrogen) atoms. The minimum Gasteiger partial charge on any atom is -0.377 e. The first-order valence-electron chi connectivity index (χ1n) is 6.65. The largest absolute Gasteiger partial charge is 0.377 e. The van der Waals surface area contributed by atoms with Crippen LogP contribution >= 0.6 is 0 Å². The molecule has 0 amide bonds. The fourth-order valence-electron chi connectivity index (χ4n) is 2.46. The first-order valence-corrected chi connectivity index (χ1v) is 6.65. The number of benzene rings is 1. The fraction of sp³-hybridized carbons (Fsp3) is 0.600. The van der Waals surface area contributed by atoms with Crippen LogP contribution in [0.3, 0.4) is 0 Å². The van der Waals surface area contributed by atoms with Crippen molar-refractivity contribution in [2.24, 2.45) is 0 Å². The van der Waals surface area contributed by atoms with Crippen molar-refractivity contribution in [3.63, 3.8) is 0 Å². The van der Waals surface area contributed by atoms with Crippen molar-refractivity contribution in [1.29, 1.82) is 0 Å². The van der Waals surface area contributed by atoms with Crippen molar-refractivity contribution >= 4 is 0 Å². The predicted octanol–water partition coefficient (Wildman–Crippen LogP) is 3.21. The van der Waals surface area contributed by atoms with Crippen molar-refractivity contribution in [3.05, 3.63) is 35.4 Å². The van der Waals surface area contributed by atoms with E-state index in [1.165, 1.54) is 11.1 Å². The maximum atomic E-state index is 5.60. The minimum atomic E-state index is 0.342. The maximum Gasteiger partial charge on any atom is 0.0700 e. The monoisotopic (exact) mass is 233 g/mol. The molecule has 3 atom stereocenters. The van der Waals surface area contributed by atoms with Crippen LogP contribution in [-0.2, 0) is 4.74 Å². The molecule has 1 aromatic rings. The van der Waals surface area contributed by atoms with Gasteiger partial charge in [0.05, 0.1) is 6.10 Å². The quantitative estimate of drug-likeness (QED) is 0.862. The Hall–Kier alpha value is -0.860. The maximum absolute atomic E-state index is 5.60. The Labute approximate surface area is 104 Å². The molecule has 0 radical (unpaired) electrons. The Morgan fingerprint density at radius 2 is 2.06 bits per heavy atom. The number of ether oxygens (including phenoxy) is 1. The van der Waals surface area contributed by atoms with Gasteiger partial charge in [-0.3, -0.25) is 0 Å². The van der Waals surface area contributed by atoms with Gasteiger partial charge in [-0.05, 0) is 32.3 Å². The number of hydrogen-bond donors (Lipinski definition) is 1. The lowest BCUT2D eigenvalue weighted by Gasteiger charge is -2.24. The summed E-state index contributed by atoms with van der Waals surface area (Å²) in [6, 6.07) is 9.79. The molecule has 2 heteroatoms. The van der Waals surface area contributed by atoms with Gasteiger partial charge in [-0.15, -0.1) is 0 Å². The molecule has 1 aliphatic heterocycles. The third-order valence-electron chi connectivity index (χ3n) is 3.68. The summed E-state index contributed by atoms with van der Waals surface area (Å²) in [6.45, 7) is 7.42. The number of aryl methyl sites for hydroxylation is 1. The highest BCUT2D eigenvalue weighted by molar-refractivity contribution is 5.24. The van der Waals surface area contributed by atoms with Gasteiger partial charge in [0.2, 0.25) is 0 Å². The Morgan fingerprint density at radius 3 is 2.59 bits per heavy atom. The van der Waals surface area contributed by atoms with Gasteiger partial charge in [-0.1, -0.05) is 36.8 Å². The van der Waals surface area contributed by atoms with Crippen molar-refractivity contribution in [2.75, 3.05) is 6.61 Å². The zero-order chi connectivity index (χ0) is 12.3. The number of hydrogen-bond acceptors (Lipinski definition) is 2. The minimum absolute atomic E-state index is 0.342. The average Bonchev–Trinajstić information content (AvgIpc) is 2.73. The van der Waals surface area contributed by atoms with Crippen LogP contribution < -0.4 is 5.32 Å². The molecular weight excluding hydrogens is 210 g/mol. The molecule has 94 valence electrons. The summed E-state index contributed by atoms with van der Waals surface area (Å²) in [5, 5.41) is 3.73. The summed E-state index contributed by atoms with van der Waals surface area (Å²) in [5.74, 6) is 0. The molecule has 1 heterocycles. The first-order chi connectivity index (χ1) is 8.20. The Bertz CT molecular complexity index is 346. The van der Waals surface area contributed by atoms with E-state index in [9.17, 15) is 0 Å². The van der Waals surface area contributed by atoms with E-state index in [0.29, 0.717) is 18.2 Å². The molecule has 1 aliphatic rings. The molecule has 0 bridgehead atoms. The zero-order valence-electron chi connectivity index (χ0n) is 11.1. The Kier molecular flexibility index (Phi) is 4.19. The van der Waals surface area contributed by atoms with E-state index >= 15 is 0 Å². The molecule has 1 N–H and O–H groups in total. The normalized spacial score (nSPS) is 26.1. The summed E-state index contributed by atoms with van der Waals surface area (Å²) in [5.41, 5.74) is 2.71. The lowest BCUT2D eigenvalue weighted by atomic mass is 10.0. The second-order valence-corrected chi connectivity index (χ2v) is 5.01. The molecule has 0 saturated carbocycles. The van der Waals surface area contributed by atoms with Gasteiger partial charge in [0.15, 0.2) is 0 Å². The van der Waals surface area contributed by atoms with Crippen LogP contribution in [0.4, 0.5) is 0 Å². The Morgan fingerprint density at radius 1 is 1.35 bits per heavy atom. The van der Waals surface area contributed by atoms with E-state index in [1.54, 1.807) is 0 Å². The highest BCUT2D eigenvalue weighted by Crippen LogP contribution is 2.22. The Balaban J connectivity index is 2.03. The van der Waals surface area contributed by atoms with Gasteiger partial charge in [0.25, 0.3) is 0 Å². The third kappa shape index (κ3) is 3.08. The van der Waals surface area contributed by atoms with Crippen LogP contribution in [0.2, 0.25) is 0 Å². The van der Waals surface area contributed by atoms with Gasteiger partial charge >= 0.3 is 0 Å². The molecule has 2 nitrogen and oxygen atoms in total. The highest BCUT2D eigenvalue weighted by Gasteiger charge is 2.26. The lowest BCUT2D eigenvalue weighted by Crippen LogP contribution is -2.37. The van der Waals surface area contributed by atoms with Crippen molar-refractivity contribution in [3.8, 4) is 0 Å². The van der Waals surface area contributed by atoms with Crippen LogP contribution in [0, 0.1) is 6.92 Å². The van der Waals surface area contributed by atoms with E-state index in [-0.39, 0.29) is 0 Å². The van der Waals surface area contributed by atoms with Crippen LogP contribution in [0.25, 0.3) is 0 Å². The van der Waals surface area contributed by atoms with Gasteiger partial charge in [0, 0.05) is 18.7 Å². The molecule has 0 spiro atoms. The zero-order valence-corrected chi connectivity index (χ0v) is 11.1. The van der Waals surface area contributed by atoms with Crippen molar-refractivity contribution in [1.82, 2.24) is 5.32 Å². The van der Waals surface area contributed by atoms with Crippen molar-refractivity contribution in [2.45, 2.75) is 51.8 Å². The molecule has 1 aromatic carbocycles. The average molecular weight is 233 g/mol. The summed E-state index contributed by atoms with van der Waals surface area (Å²) in [4.78, 5) is 0. The molecular formula is C15H23NO. The van der Waals surface area contributed by atoms with Crippen LogP contribution in [-0.4, -0.2) is 18.8 Å². The van der Waals surface area contributed by atoms with Gasteiger partial charge < -0.3 is 10.1 Å². The standard InChI is InChI=1S/C15H23NO/c1-4-14(13-7-5-11(2)6-8-13)16-15-9-10-17-12(15)3/h5-8,12,14-16H,4,9-10H2,1-3H3. The van der Waals surface area contributed by atoms with E-state index < -0.39 is 0 Å². The van der Waals surface area contributed by atoms with Gasteiger partial charge in [-0.2, -0.15) is 0 Å². The van der Waals surface area contributed by atoms with Gasteiger partial charge in [0.1, 0.15) is 0 Å². The molecule has 0 aromatic heterocycles. The second-order valence-electron chi connectivity index (χ2n) is 5.01. The topological polar surface area (TPSA) is 21.3 Å². The number of nitrogens with one attached hydrogen (secondary N) is 1. The van der Waals surface area contributed by atoms with Gasteiger partial charge in [-0.25, -0.2) is 0 Å². The van der Waals surface area contributed by atoms with E-state index in [1.807, 2.05) is 0 Å². The lowest BCUT2D eigenvalue weighted by molar-refractivity contribution is 0.110. The summed E-state index contributed by atoms with van der Waals surface area (Å²) < 4.78 is 5.60. The summed E-state index contributed by atoms with van der Waals surface area (Å²) >= 11 is 0. The van der Waals surface area contributed by atoms with Crippen LogP contribution in [0.1, 0.15) is 43.9 Å². The molecule has 2 rings (SSSR count). The highest BCUT2D eigenvalue weighted by atomic mass is 16.5. The molecule has 1 fully saturated rings. The third-order valence-corrected chi connectivity index (χ3v) is 3.68. The van der Waals surface area contributed by atoms with Crippen LogP contribution in [0.15, 0.2) is 24.3 Å². The fourth-order valence-corrected chi connectivity index (χ4v) is 2.46. The molecule has 1 saturated heterocycles. The first kappa shape index (κ1) is 12.6. The SMILES string of the molecule is CCC(NC1CCOC1C)c1ccc(C)cc1. The summed E-state index contributed by atoms with van der Waals surface area (Å²) in [6.07, 6.45) is 2.59. The van der Waals surface area contributed by atoms with Crippen LogP contribution in [0.5, 0.6) is 0 Å². The van der Waals surface area contributed by atoms with Crippen molar-refractivity contribution < 1.29 is 4.74 Å². The smallest absolute Gasteiger partial charge is 0.0700 e. The number of rotatable bonds is 4.